The summed E-state index contributed by atoms with van der Waals surface area (Å²) in [5.41, 5.74) is -4.42. The third-order valence-electron chi connectivity index (χ3n) is 4.18. The van der Waals surface area contributed by atoms with E-state index >= 15 is 0 Å². The Morgan fingerprint density at radius 3 is 1.75 bits per heavy atom. The van der Waals surface area contributed by atoms with Gasteiger partial charge in [0.2, 0.25) is 0 Å². The van der Waals surface area contributed by atoms with Crippen LogP contribution in [0.2, 0.25) is 0 Å². The Kier molecular flexibility index (Phi) is 4.27. The highest BCUT2D eigenvalue weighted by Crippen LogP contribution is 2.44. The van der Waals surface area contributed by atoms with E-state index in [2.05, 4.69) is 4.85 Å². The molecule has 1 aliphatic carbocycles. The Balaban J connectivity index is 2.41. The summed E-state index contributed by atoms with van der Waals surface area (Å²) >= 11 is 0. The van der Waals surface area contributed by atoms with Gasteiger partial charge in [-0.2, -0.15) is 26.3 Å². The highest BCUT2D eigenvalue weighted by Gasteiger charge is 2.37. The number of halogens is 6. The van der Waals surface area contributed by atoms with E-state index in [4.69, 9.17) is 11.8 Å². The fraction of sp³-hybridized carbons (Fsp3) is 0.105. The Morgan fingerprint density at radius 1 is 0.857 bits per heavy atom. The zero-order valence-corrected chi connectivity index (χ0v) is 13.5. The van der Waals surface area contributed by atoms with E-state index in [0.717, 1.165) is 18.2 Å². The van der Waals surface area contributed by atoms with Crippen molar-refractivity contribution in [2.45, 2.75) is 12.4 Å². The molecule has 1 aliphatic rings. The number of carbonyl (C=O) groups is 1. The van der Waals surface area contributed by atoms with Crippen LogP contribution in [-0.4, -0.2) is 5.78 Å². The van der Waals surface area contributed by atoms with Crippen molar-refractivity contribution in [2.75, 3.05) is 0 Å². The van der Waals surface area contributed by atoms with E-state index in [-0.39, 0.29) is 16.7 Å². The molecule has 0 amide bonds. The zero-order valence-electron chi connectivity index (χ0n) is 13.5. The van der Waals surface area contributed by atoms with Gasteiger partial charge in [0.05, 0.1) is 23.8 Å². The maximum absolute atomic E-state index is 13.1. The molecular formula is C19H6F6N2O. The highest BCUT2D eigenvalue weighted by atomic mass is 19.4. The Labute approximate surface area is 153 Å². The smallest absolute Gasteiger partial charge is 0.290 e. The number of nitrogens with zero attached hydrogens (tertiary/aromatic N) is 2. The molecule has 0 fully saturated rings. The number of benzene rings is 2. The van der Waals surface area contributed by atoms with Gasteiger partial charge in [-0.3, -0.25) is 4.79 Å². The molecule has 0 aromatic heterocycles. The Morgan fingerprint density at radius 2 is 1.32 bits per heavy atom. The van der Waals surface area contributed by atoms with Gasteiger partial charge in [-0.1, -0.05) is 12.1 Å². The lowest BCUT2D eigenvalue weighted by Crippen LogP contribution is -2.16. The lowest BCUT2D eigenvalue weighted by atomic mass is 9.79. The first-order chi connectivity index (χ1) is 13.0. The van der Waals surface area contributed by atoms with Gasteiger partial charge in [0.1, 0.15) is 0 Å². The average molecular weight is 392 g/mol. The maximum atomic E-state index is 13.1. The van der Waals surface area contributed by atoms with Crippen molar-refractivity contribution in [1.82, 2.24) is 0 Å². The molecule has 0 N–H and O–H groups in total. The molecule has 2 aromatic rings. The molecule has 0 aliphatic heterocycles. The minimum atomic E-state index is -4.76. The summed E-state index contributed by atoms with van der Waals surface area (Å²) in [6.45, 7) is 7.02. The number of carbonyl (C=O) groups excluding carboxylic acids is 1. The third kappa shape index (κ3) is 3.01. The number of nitriles is 1. The van der Waals surface area contributed by atoms with Crippen LogP contribution in [0, 0.1) is 17.9 Å². The largest absolute Gasteiger partial charge is 0.416 e. The standard InChI is InChI=1S/C19H6F6N2O/c1-27-15(8-26)16-13-6-9(18(20,21)22)2-4-11(13)12-5-3-10(19(23,24)25)7-14(12)17(16)28/h2-7H/b16-15-. The van der Waals surface area contributed by atoms with Crippen LogP contribution in [0.15, 0.2) is 42.1 Å². The van der Waals surface area contributed by atoms with E-state index in [0.29, 0.717) is 18.2 Å². The van der Waals surface area contributed by atoms with E-state index < -0.39 is 46.1 Å². The first-order valence-electron chi connectivity index (χ1n) is 7.48. The van der Waals surface area contributed by atoms with Crippen molar-refractivity contribution in [1.29, 1.82) is 5.26 Å². The summed E-state index contributed by atoms with van der Waals surface area (Å²) in [7, 11) is 0. The number of hydrogen-bond donors (Lipinski definition) is 0. The number of fused-ring (bicyclic) bond motifs is 3. The summed E-state index contributed by atoms with van der Waals surface area (Å²) in [4.78, 5) is 15.6. The van der Waals surface area contributed by atoms with Crippen LogP contribution >= 0.6 is 0 Å². The summed E-state index contributed by atoms with van der Waals surface area (Å²) in [5, 5.41) is 9.11. The van der Waals surface area contributed by atoms with Gasteiger partial charge < -0.3 is 0 Å². The predicted molar refractivity (Wildman–Crippen MR) is 85.3 cm³/mol. The van der Waals surface area contributed by atoms with E-state index in [9.17, 15) is 31.1 Å². The molecule has 0 heterocycles. The molecule has 140 valence electrons. The maximum Gasteiger partial charge on any atom is 0.416 e. The van der Waals surface area contributed by atoms with Crippen molar-refractivity contribution >= 4 is 11.4 Å². The fourth-order valence-electron chi connectivity index (χ4n) is 2.93. The summed E-state index contributed by atoms with van der Waals surface area (Å²) in [6, 6.07) is 6.04. The molecule has 0 unspecified atom stereocenters. The van der Waals surface area contributed by atoms with Crippen molar-refractivity contribution in [2.24, 2.45) is 0 Å². The lowest BCUT2D eigenvalue weighted by molar-refractivity contribution is -0.138. The predicted octanol–water partition coefficient (Wildman–Crippen LogP) is 5.74. The number of hydrogen-bond acceptors (Lipinski definition) is 2. The molecular weight excluding hydrogens is 386 g/mol. The first-order valence-corrected chi connectivity index (χ1v) is 7.48. The SMILES string of the molecule is [C-]#[N+]/C(C#N)=C1\C(=O)c2cc(C(F)(F)F)ccc2-c2ccc(C(F)(F)F)cc21. The number of allylic oxidation sites excluding steroid dienone is 2. The average Bonchev–Trinajstić information content (AvgIpc) is 2.62. The Bertz CT molecular complexity index is 1110. The van der Waals surface area contributed by atoms with Crippen molar-refractivity contribution < 1.29 is 31.1 Å². The van der Waals surface area contributed by atoms with Crippen LogP contribution in [-0.2, 0) is 12.4 Å². The lowest BCUT2D eigenvalue weighted by Gasteiger charge is -2.24. The number of ketones is 1. The monoisotopic (exact) mass is 392 g/mol. The van der Waals surface area contributed by atoms with Crippen LogP contribution < -0.4 is 0 Å². The number of Topliss-reactive ketones (excluding diaryl/α,β-unsaturated/α-hetero) is 1. The van der Waals surface area contributed by atoms with Crippen LogP contribution in [0.5, 0.6) is 0 Å². The Hall–Kier alpha value is -3.59. The molecule has 0 saturated carbocycles. The van der Waals surface area contributed by atoms with Gasteiger partial charge in [-0.15, -0.1) is 0 Å². The van der Waals surface area contributed by atoms with Gasteiger partial charge in [0, 0.05) is 11.1 Å². The third-order valence-corrected chi connectivity index (χ3v) is 4.18. The molecule has 0 radical (unpaired) electrons. The quantitative estimate of drug-likeness (QED) is 0.248. The second-order valence-electron chi connectivity index (χ2n) is 5.79. The molecule has 28 heavy (non-hydrogen) atoms. The second kappa shape index (κ2) is 6.24. The van der Waals surface area contributed by atoms with Crippen molar-refractivity contribution in [3.05, 3.63) is 75.8 Å². The molecule has 3 nitrogen and oxygen atoms in total. The van der Waals surface area contributed by atoms with Crippen LogP contribution in [0.25, 0.3) is 21.5 Å². The second-order valence-corrected chi connectivity index (χ2v) is 5.79. The topological polar surface area (TPSA) is 45.2 Å². The normalized spacial score (nSPS) is 15.2. The van der Waals surface area contributed by atoms with Crippen molar-refractivity contribution in [3.8, 4) is 17.2 Å². The molecule has 3 rings (SSSR count). The molecule has 0 bridgehead atoms. The van der Waals surface area contributed by atoms with Crippen LogP contribution in [0.3, 0.4) is 0 Å². The molecule has 0 atom stereocenters. The van der Waals surface area contributed by atoms with Gasteiger partial charge in [0.15, 0.2) is 5.78 Å². The zero-order chi connectivity index (χ0) is 20.9. The van der Waals surface area contributed by atoms with Gasteiger partial charge in [-0.25, -0.2) is 10.1 Å². The van der Waals surface area contributed by atoms with Crippen LogP contribution in [0.4, 0.5) is 26.3 Å². The van der Waals surface area contributed by atoms with Gasteiger partial charge in [0.25, 0.3) is 5.70 Å². The van der Waals surface area contributed by atoms with Crippen molar-refractivity contribution in [3.63, 3.8) is 0 Å². The van der Waals surface area contributed by atoms with E-state index in [1.807, 2.05) is 0 Å². The highest BCUT2D eigenvalue weighted by molar-refractivity contribution is 6.35. The summed E-state index contributed by atoms with van der Waals surface area (Å²) in [6.07, 6.45) is -9.51. The number of alkyl halides is 6. The minimum Gasteiger partial charge on any atom is -0.290 e. The summed E-state index contributed by atoms with van der Waals surface area (Å²) in [5.74, 6) is -1.11. The van der Waals surface area contributed by atoms with E-state index in [1.54, 1.807) is 0 Å². The minimum absolute atomic E-state index is 0.00672. The molecule has 2 aromatic carbocycles. The number of rotatable bonds is 0. The molecule has 9 heteroatoms. The molecule has 0 spiro atoms. The fourth-order valence-corrected chi connectivity index (χ4v) is 2.93. The summed E-state index contributed by atoms with van der Waals surface area (Å²) < 4.78 is 78.2. The molecule has 0 saturated heterocycles. The van der Waals surface area contributed by atoms with Gasteiger partial charge >= 0.3 is 12.4 Å². The first kappa shape index (κ1) is 19.2. The van der Waals surface area contributed by atoms with E-state index in [1.165, 1.54) is 6.07 Å². The van der Waals surface area contributed by atoms with Crippen LogP contribution in [0.1, 0.15) is 27.0 Å². The van der Waals surface area contributed by atoms with Gasteiger partial charge in [-0.05, 0) is 41.0 Å².